The van der Waals surface area contributed by atoms with Crippen LogP contribution in [0, 0.1) is 6.92 Å². The molecule has 0 unspecified atom stereocenters. The van der Waals surface area contributed by atoms with E-state index in [0.717, 1.165) is 16.6 Å². The Morgan fingerprint density at radius 1 is 1.20 bits per heavy atom. The molecule has 0 aliphatic rings. The van der Waals surface area contributed by atoms with Crippen LogP contribution in [-0.4, -0.2) is 33.1 Å². The van der Waals surface area contributed by atoms with Crippen LogP contribution in [0.5, 0.6) is 5.75 Å². The molecule has 0 saturated carbocycles. The Balaban J connectivity index is 1.78. The zero-order chi connectivity index (χ0) is 17.4. The maximum absolute atomic E-state index is 12.9. The van der Waals surface area contributed by atoms with Gasteiger partial charge in [0.15, 0.2) is 0 Å². The molecule has 0 saturated heterocycles. The number of aromatic amines is 1. The van der Waals surface area contributed by atoms with Gasteiger partial charge in [-0.25, -0.2) is 0 Å². The predicted octanol–water partition coefficient (Wildman–Crippen LogP) is 3.16. The maximum atomic E-state index is 12.9. The number of ether oxygens (including phenoxy) is 1. The van der Waals surface area contributed by atoms with E-state index in [9.17, 15) is 4.79 Å². The number of carbonyl (C=O) groups is 1. The van der Waals surface area contributed by atoms with Crippen LogP contribution in [0.15, 0.2) is 47.0 Å². The lowest BCUT2D eigenvalue weighted by atomic mass is 10.1. The number of H-pyrrole nitrogens is 1. The first-order chi connectivity index (χ1) is 12.2. The van der Waals surface area contributed by atoms with E-state index in [1.165, 1.54) is 0 Å². The van der Waals surface area contributed by atoms with Gasteiger partial charge in [0.25, 0.3) is 17.6 Å². The first kappa shape index (κ1) is 15.1. The lowest BCUT2D eigenvalue weighted by molar-refractivity contribution is 0.100. The number of nitrogens with zero attached hydrogens (tertiary/aromatic N) is 3. The van der Waals surface area contributed by atoms with Crippen molar-refractivity contribution in [2.75, 3.05) is 7.11 Å². The monoisotopic (exact) mass is 334 g/mol. The van der Waals surface area contributed by atoms with Gasteiger partial charge in [-0.05, 0) is 37.3 Å². The van der Waals surface area contributed by atoms with Gasteiger partial charge in [0.05, 0.1) is 12.7 Å². The molecule has 0 aliphatic carbocycles. The Kier molecular flexibility index (Phi) is 3.53. The van der Waals surface area contributed by atoms with Gasteiger partial charge >= 0.3 is 0 Å². The predicted molar refractivity (Wildman–Crippen MR) is 90.5 cm³/mol. The van der Waals surface area contributed by atoms with Crippen LogP contribution in [0.25, 0.3) is 22.5 Å². The molecule has 0 radical (unpaired) electrons. The van der Waals surface area contributed by atoms with Gasteiger partial charge in [-0.1, -0.05) is 6.07 Å². The number of rotatable bonds is 4. The third-order valence-electron chi connectivity index (χ3n) is 3.92. The second kappa shape index (κ2) is 5.86. The van der Waals surface area contributed by atoms with Crippen molar-refractivity contribution in [1.29, 1.82) is 0 Å². The van der Waals surface area contributed by atoms with Crippen molar-refractivity contribution in [3.8, 4) is 17.3 Å². The van der Waals surface area contributed by atoms with Gasteiger partial charge in [0, 0.05) is 22.8 Å². The molecular formula is C18H14N4O3. The number of benzene rings is 1. The molecular weight excluding hydrogens is 320 g/mol. The van der Waals surface area contributed by atoms with Crippen LogP contribution in [0.2, 0.25) is 0 Å². The van der Waals surface area contributed by atoms with Crippen LogP contribution in [0.3, 0.4) is 0 Å². The molecule has 4 aromatic rings. The Labute approximate surface area is 142 Å². The minimum atomic E-state index is -0.341. The Morgan fingerprint density at radius 2 is 2.08 bits per heavy atom. The summed E-state index contributed by atoms with van der Waals surface area (Å²) < 4.78 is 10.8. The molecule has 0 bridgehead atoms. The summed E-state index contributed by atoms with van der Waals surface area (Å²) in [5.74, 6) is 0.457. The highest BCUT2D eigenvalue weighted by Gasteiger charge is 2.23. The van der Waals surface area contributed by atoms with E-state index in [4.69, 9.17) is 9.15 Å². The fourth-order valence-electron chi connectivity index (χ4n) is 2.74. The number of hydrogen-bond donors (Lipinski definition) is 1. The zero-order valence-electron chi connectivity index (χ0n) is 13.6. The molecule has 3 aromatic heterocycles. The maximum Gasteiger partial charge on any atom is 0.289 e. The van der Waals surface area contributed by atoms with Crippen LogP contribution in [0.4, 0.5) is 0 Å². The third-order valence-corrected chi connectivity index (χ3v) is 3.92. The number of ketones is 1. The molecule has 25 heavy (non-hydrogen) atoms. The Hall–Kier alpha value is -3.48. The number of aryl methyl sites for hydroxylation is 1. The molecule has 7 nitrogen and oxygen atoms in total. The van der Waals surface area contributed by atoms with Crippen molar-refractivity contribution in [2.24, 2.45) is 0 Å². The average Bonchev–Trinajstić information content (AvgIpc) is 3.25. The van der Waals surface area contributed by atoms with E-state index >= 15 is 0 Å². The molecule has 4 rings (SSSR count). The van der Waals surface area contributed by atoms with Gasteiger partial charge < -0.3 is 14.1 Å². The van der Waals surface area contributed by atoms with Crippen LogP contribution in [-0.2, 0) is 0 Å². The van der Waals surface area contributed by atoms with Crippen molar-refractivity contribution >= 4 is 16.7 Å². The molecule has 3 heterocycles. The fraction of sp³-hybridized carbons (Fsp3) is 0.111. The van der Waals surface area contributed by atoms with Crippen LogP contribution < -0.4 is 4.74 Å². The van der Waals surface area contributed by atoms with E-state index in [2.05, 4.69) is 20.2 Å². The Morgan fingerprint density at radius 3 is 2.84 bits per heavy atom. The summed E-state index contributed by atoms with van der Waals surface area (Å²) in [5.41, 5.74) is 2.58. The number of aromatic nitrogens is 4. The molecule has 124 valence electrons. The summed E-state index contributed by atoms with van der Waals surface area (Å²) in [5, 5.41) is 8.56. The average molecular weight is 334 g/mol. The number of nitrogens with one attached hydrogen (secondary N) is 1. The second-order valence-electron chi connectivity index (χ2n) is 5.49. The molecule has 0 aliphatic heterocycles. The van der Waals surface area contributed by atoms with E-state index in [0.29, 0.717) is 17.0 Å². The lowest BCUT2D eigenvalue weighted by Gasteiger charge is -2.00. The van der Waals surface area contributed by atoms with Crippen molar-refractivity contribution in [3.05, 3.63) is 59.7 Å². The smallest absolute Gasteiger partial charge is 0.289 e. The van der Waals surface area contributed by atoms with Gasteiger partial charge in [0.1, 0.15) is 11.4 Å². The molecule has 7 heteroatoms. The highest BCUT2D eigenvalue weighted by molar-refractivity contribution is 6.15. The van der Waals surface area contributed by atoms with Crippen molar-refractivity contribution < 1.29 is 13.9 Å². The highest BCUT2D eigenvalue weighted by atomic mass is 16.5. The summed E-state index contributed by atoms with van der Waals surface area (Å²) in [6.45, 7) is 1.83. The quantitative estimate of drug-likeness (QED) is 0.576. The SMILES string of the molecule is COc1ccc2[nH]c(C)c(C(=O)c3nnc(-c4ccccn4)o3)c2c1. The van der Waals surface area contributed by atoms with Gasteiger partial charge in [-0.3, -0.25) is 9.78 Å². The second-order valence-corrected chi connectivity index (χ2v) is 5.49. The normalized spacial score (nSPS) is 11.0. The zero-order valence-corrected chi connectivity index (χ0v) is 13.6. The Bertz CT molecular complexity index is 1070. The number of carbonyl (C=O) groups excluding carboxylic acids is 1. The summed E-state index contributed by atoms with van der Waals surface area (Å²) >= 11 is 0. The third kappa shape index (κ3) is 2.55. The minimum absolute atomic E-state index is 0.0764. The fourth-order valence-corrected chi connectivity index (χ4v) is 2.74. The number of hydrogen-bond acceptors (Lipinski definition) is 6. The van der Waals surface area contributed by atoms with Crippen molar-refractivity contribution in [3.63, 3.8) is 0 Å². The van der Waals surface area contributed by atoms with Gasteiger partial charge in [-0.15, -0.1) is 10.2 Å². The largest absolute Gasteiger partial charge is 0.497 e. The number of pyridine rings is 1. The summed E-state index contributed by atoms with van der Waals surface area (Å²) in [6.07, 6.45) is 1.62. The number of methoxy groups -OCH3 is 1. The first-order valence-corrected chi connectivity index (χ1v) is 7.63. The molecule has 1 N–H and O–H groups in total. The van der Waals surface area contributed by atoms with Gasteiger partial charge in [0.2, 0.25) is 0 Å². The van der Waals surface area contributed by atoms with Crippen LogP contribution >= 0.6 is 0 Å². The highest BCUT2D eigenvalue weighted by Crippen LogP contribution is 2.28. The van der Waals surface area contributed by atoms with Crippen molar-refractivity contribution in [2.45, 2.75) is 6.92 Å². The number of fused-ring (bicyclic) bond motifs is 1. The van der Waals surface area contributed by atoms with Gasteiger partial charge in [-0.2, -0.15) is 0 Å². The molecule has 0 atom stereocenters. The summed E-state index contributed by atoms with van der Waals surface area (Å²) in [7, 11) is 1.58. The van der Waals surface area contributed by atoms with E-state index < -0.39 is 0 Å². The summed E-state index contributed by atoms with van der Waals surface area (Å²) in [6, 6.07) is 10.8. The molecule has 0 amide bonds. The molecule has 0 spiro atoms. The topological polar surface area (TPSA) is 93.9 Å². The standard InChI is InChI=1S/C18H14N4O3/c1-10-15(12-9-11(24-2)6-7-13(12)20-10)16(23)18-22-21-17(25-18)14-5-3-4-8-19-14/h3-9,20H,1-2H3. The van der Waals surface area contributed by atoms with Crippen molar-refractivity contribution in [1.82, 2.24) is 20.2 Å². The van der Waals surface area contributed by atoms with E-state index in [1.807, 2.05) is 31.2 Å². The summed E-state index contributed by atoms with van der Waals surface area (Å²) in [4.78, 5) is 20.2. The van der Waals surface area contributed by atoms with E-state index in [1.54, 1.807) is 25.4 Å². The minimum Gasteiger partial charge on any atom is -0.497 e. The lowest BCUT2D eigenvalue weighted by Crippen LogP contribution is -2.03. The first-order valence-electron chi connectivity index (χ1n) is 7.63. The van der Waals surface area contributed by atoms with E-state index in [-0.39, 0.29) is 17.6 Å². The molecule has 1 aromatic carbocycles. The van der Waals surface area contributed by atoms with Crippen LogP contribution in [0.1, 0.15) is 21.9 Å². The molecule has 0 fully saturated rings.